The number of benzene rings is 2. The van der Waals surface area contributed by atoms with Crippen molar-refractivity contribution in [3.8, 4) is 11.5 Å². The Kier molecular flexibility index (Phi) is 10.0. The number of rotatable bonds is 12. The predicted molar refractivity (Wildman–Crippen MR) is 117 cm³/mol. The average Bonchev–Trinajstić information content (AvgIpc) is 2.68. The summed E-state index contributed by atoms with van der Waals surface area (Å²) in [6, 6.07) is 11.6. The molecule has 0 spiro atoms. The minimum absolute atomic E-state index is 0.399. The summed E-state index contributed by atoms with van der Waals surface area (Å²) in [5.74, 6) is 1.48. The molecule has 2 aromatic rings. The van der Waals surface area contributed by atoms with Crippen LogP contribution in [0.25, 0.3) is 0 Å². The maximum absolute atomic E-state index is 6.26. The lowest BCUT2D eigenvalue weighted by molar-refractivity contribution is 0.280. The minimum Gasteiger partial charge on any atom is -0.493 e. The van der Waals surface area contributed by atoms with Crippen LogP contribution in [0, 0.1) is 0 Å². The highest BCUT2D eigenvalue weighted by Crippen LogP contribution is 2.37. The lowest BCUT2D eigenvalue weighted by Crippen LogP contribution is -2.16. The number of nitrogens with one attached hydrogen (secondary N) is 1. The minimum atomic E-state index is 0.399. The fraction of sp³-hybridized carbons (Fsp3) is 0.455. The van der Waals surface area contributed by atoms with Crippen LogP contribution < -0.4 is 14.8 Å². The van der Waals surface area contributed by atoms with E-state index in [0.29, 0.717) is 11.6 Å². The first-order chi connectivity index (χ1) is 13.2. The molecule has 0 heterocycles. The largest absolute Gasteiger partial charge is 0.493 e. The molecule has 2 aromatic carbocycles. The van der Waals surface area contributed by atoms with Crippen molar-refractivity contribution < 1.29 is 9.47 Å². The van der Waals surface area contributed by atoms with Crippen molar-refractivity contribution in [2.24, 2.45) is 0 Å². The molecule has 0 saturated heterocycles. The third-order valence-electron chi connectivity index (χ3n) is 4.48. The highest BCUT2D eigenvalue weighted by molar-refractivity contribution is 9.10. The molecule has 0 fully saturated rings. The maximum atomic E-state index is 6.26. The van der Waals surface area contributed by atoms with Gasteiger partial charge in [-0.2, -0.15) is 0 Å². The summed E-state index contributed by atoms with van der Waals surface area (Å²) in [6.07, 6.45) is 6.37. The SMILES string of the molecule is CCCCCCCNCc1c(Br)ccc(OC)c1OCc1ccccc1Cl. The Morgan fingerprint density at radius 2 is 1.81 bits per heavy atom. The van der Waals surface area contributed by atoms with Gasteiger partial charge in [0.2, 0.25) is 0 Å². The van der Waals surface area contributed by atoms with E-state index in [1.807, 2.05) is 36.4 Å². The second-order valence-electron chi connectivity index (χ2n) is 6.53. The Hall–Kier alpha value is -1.23. The van der Waals surface area contributed by atoms with Gasteiger partial charge in [0, 0.05) is 27.2 Å². The molecule has 0 atom stereocenters. The zero-order chi connectivity index (χ0) is 19.5. The molecule has 27 heavy (non-hydrogen) atoms. The predicted octanol–water partition coefficient (Wildman–Crippen LogP) is 6.75. The van der Waals surface area contributed by atoms with Crippen molar-refractivity contribution >= 4 is 27.5 Å². The first-order valence-electron chi connectivity index (χ1n) is 9.59. The van der Waals surface area contributed by atoms with Crippen LogP contribution >= 0.6 is 27.5 Å². The molecule has 3 nitrogen and oxygen atoms in total. The van der Waals surface area contributed by atoms with Gasteiger partial charge >= 0.3 is 0 Å². The Morgan fingerprint density at radius 1 is 1.04 bits per heavy atom. The first kappa shape index (κ1) is 22.1. The molecule has 0 aromatic heterocycles. The van der Waals surface area contributed by atoms with Gasteiger partial charge in [-0.05, 0) is 31.2 Å². The van der Waals surface area contributed by atoms with Gasteiger partial charge in [0.05, 0.1) is 7.11 Å². The van der Waals surface area contributed by atoms with Crippen LogP contribution in [0.15, 0.2) is 40.9 Å². The molecular formula is C22H29BrClNO2. The number of unbranched alkanes of at least 4 members (excludes halogenated alkanes) is 4. The second-order valence-corrected chi connectivity index (χ2v) is 7.79. The van der Waals surface area contributed by atoms with Gasteiger partial charge in [-0.1, -0.05) is 78.3 Å². The van der Waals surface area contributed by atoms with Crippen LogP contribution in [0.5, 0.6) is 11.5 Å². The van der Waals surface area contributed by atoms with Crippen molar-refractivity contribution in [2.45, 2.75) is 52.2 Å². The van der Waals surface area contributed by atoms with Crippen LogP contribution in [-0.2, 0) is 13.2 Å². The van der Waals surface area contributed by atoms with Gasteiger partial charge in [-0.25, -0.2) is 0 Å². The van der Waals surface area contributed by atoms with Gasteiger partial charge in [0.25, 0.3) is 0 Å². The Bertz CT molecular complexity index is 709. The van der Waals surface area contributed by atoms with E-state index in [2.05, 4.69) is 28.2 Å². The molecular weight excluding hydrogens is 426 g/mol. The monoisotopic (exact) mass is 453 g/mol. The van der Waals surface area contributed by atoms with Gasteiger partial charge in [0.15, 0.2) is 11.5 Å². The smallest absolute Gasteiger partial charge is 0.167 e. The summed E-state index contributed by atoms with van der Waals surface area (Å²) in [4.78, 5) is 0. The number of halogens is 2. The fourth-order valence-electron chi connectivity index (χ4n) is 2.90. The quantitative estimate of drug-likeness (QED) is 0.360. The van der Waals surface area contributed by atoms with E-state index in [4.69, 9.17) is 21.1 Å². The zero-order valence-corrected chi connectivity index (χ0v) is 18.5. The summed E-state index contributed by atoms with van der Waals surface area (Å²) in [5.41, 5.74) is 2.02. The van der Waals surface area contributed by atoms with Crippen molar-refractivity contribution in [1.82, 2.24) is 5.32 Å². The van der Waals surface area contributed by atoms with E-state index in [-0.39, 0.29) is 0 Å². The third kappa shape index (κ3) is 7.02. The molecule has 0 radical (unpaired) electrons. The number of hydrogen-bond acceptors (Lipinski definition) is 3. The summed E-state index contributed by atoms with van der Waals surface area (Å²) in [6.45, 7) is 4.36. The van der Waals surface area contributed by atoms with E-state index >= 15 is 0 Å². The molecule has 0 aliphatic heterocycles. The van der Waals surface area contributed by atoms with E-state index in [0.717, 1.165) is 40.2 Å². The molecule has 0 amide bonds. The van der Waals surface area contributed by atoms with Crippen molar-refractivity contribution in [3.63, 3.8) is 0 Å². The van der Waals surface area contributed by atoms with Crippen LogP contribution in [0.4, 0.5) is 0 Å². The van der Waals surface area contributed by atoms with Gasteiger partial charge < -0.3 is 14.8 Å². The Balaban J connectivity index is 2.01. The van der Waals surface area contributed by atoms with Crippen LogP contribution in [-0.4, -0.2) is 13.7 Å². The molecule has 2 rings (SSSR count). The average molecular weight is 455 g/mol. The van der Waals surface area contributed by atoms with Crippen molar-refractivity contribution in [1.29, 1.82) is 0 Å². The molecule has 5 heteroatoms. The highest BCUT2D eigenvalue weighted by atomic mass is 79.9. The highest BCUT2D eigenvalue weighted by Gasteiger charge is 2.15. The number of hydrogen-bond donors (Lipinski definition) is 1. The topological polar surface area (TPSA) is 30.5 Å². The Morgan fingerprint density at radius 3 is 2.56 bits per heavy atom. The normalized spacial score (nSPS) is 10.8. The summed E-state index contributed by atoms with van der Waals surface area (Å²) >= 11 is 9.91. The fourth-order valence-corrected chi connectivity index (χ4v) is 3.54. The molecule has 148 valence electrons. The van der Waals surface area contributed by atoms with Crippen LogP contribution in [0.1, 0.15) is 50.2 Å². The molecule has 0 saturated carbocycles. The molecule has 0 aliphatic rings. The lowest BCUT2D eigenvalue weighted by atomic mass is 10.1. The summed E-state index contributed by atoms with van der Waals surface area (Å²) in [7, 11) is 1.66. The van der Waals surface area contributed by atoms with Gasteiger partial charge in [-0.15, -0.1) is 0 Å². The zero-order valence-electron chi connectivity index (χ0n) is 16.2. The van der Waals surface area contributed by atoms with Crippen LogP contribution in [0.3, 0.4) is 0 Å². The molecule has 0 bridgehead atoms. The lowest BCUT2D eigenvalue weighted by Gasteiger charge is -2.17. The molecule has 0 aliphatic carbocycles. The van der Waals surface area contributed by atoms with E-state index in [9.17, 15) is 0 Å². The molecule has 0 unspecified atom stereocenters. The summed E-state index contributed by atoms with van der Waals surface area (Å²) in [5, 5.41) is 4.24. The van der Waals surface area contributed by atoms with E-state index < -0.39 is 0 Å². The Labute approximate surface area is 176 Å². The van der Waals surface area contributed by atoms with Crippen molar-refractivity contribution in [3.05, 3.63) is 57.0 Å². The number of ether oxygens (including phenoxy) is 2. The van der Waals surface area contributed by atoms with Crippen molar-refractivity contribution in [2.75, 3.05) is 13.7 Å². The standard InChI is InChI=1S/C22H29BrClNO2/c1-3-4-5-6-9-14-25-15-18-19(23)12-13-21(26-2)22(18)27-16-17-10-7-8-11-20(17)24/h7-8,10-13,25H,3-6,9,14-16H2,1-2H3. The second kappa shape index (κ2) is 12.3. The van der Waals surface area contributed by atoms with Gasteiger partial charge in [-0.3, -0.25) is 0 Å². The van der Waals surface area contributed by atoms with Gasteiger partial charge in [0.1, 0.15) is 6.61 Å². The van der Waals surface area contributed by atoms with Crippen LogP contribution in [0.2, 0.25) is 5.02 Å². The molecule has 1 N–H and O–H groups in total. The first-order valence-corrected chi connectivity index (χ1v) is 10.8. The van der Waals surface area contributed by atoms with E-state index in [1.165, 1.54) is 32.1 Å². The summed E-state index contributed by atoms with van der Waals surface area (Å²) < 4.78 is 12.7. The number of methoxy groups -OCH3 is 1. The van der Waals surface area contributed by atoms with E-state index in [1.54, 1.807) is 7.11 Å². The maximum Gasteiger partial charge on any atom is 0.167 e. The third-order valence-corrected chi connectivity index (χ3v) is 5.59.